The summed E-state index contributed by atoms with van der Waals surface area (Å²) in [5, 5.41) is 4.86. The van der Waals surface area contributed by atoms with Crippen LogP contribution in [-0.2, 0) is 17.6 Å². The monoisotopic (exact) mass is 337 g/mol. The number of hydrogen-bond acceptors (Lipinski definition) is 4. The highest BCUT2D eigenvalue weighted by Crippen LogP contribution is 2.37. The zero-order chi connectivity index (χ0) is 16.6. The molecule has 0 atom stereocenters. The van der Waals surface area contributed by atoms with E-state index < -0.39 is 5.60 Å². The molecule has 3 rings (SSSR count). The van der Waals surface area contributed by atoms with Gasteiger partial charge in [0.1, 0.15) is 5.60 Å². The van der Waals surface area contributed by atoms with E-state index in [1.165, 1.54) is 22.0 Å². The second kappa shape index (κ2) is 6.38. The topological polar surface area (TPSA) is 47.4 Å². The van der Waals surface area contributed by atoms with Gasteiger partial charge in [-0.2, -0.15) is 5.10 Å². The number of carbonyl (C=O) groups excluding carboxylic acids is 1. The summed E-state index contributed by atoms with van der Waals surface area (Å²) < 4.78 is 7.74. The van der Waals surface area contributed by atoms with Gasteiger partial charge in [0.15, 0.2) is 0 Å². The van der Waals surface area contributed by atoms with Gasteiger partial charge in [-0.25, -0.2) is 4.79 Å². The molecule has 1 aromatic heterocycles. The average molecular weight is 337 g/mol. The maximum atomic E-state index is 12.2. The molecule has 1 amide bonds. The van der Waals surface area contributed by atoms with Gasteiger partial charge in [0.25, 0.3) is 0 Å². The predicted molar refractivity (Wildman–Crippen MR) is 92.1 cm³/mol. The summed E-state index contributed by atoms with van der Waals surface area (Å²) >= 11 is 1.95. The molecule has 0 N–H and O–H groups in total. The first kappa shape index (κ1) is 16.7. The van der Waals surface area contributed by atoms with E-state index in [1.807, 2.05) is 37.4 Å². The summed E-state index contributed by atoms with van der Waals surface area (Å²) in [7, 11) is 0. The highest BCUT2D eigenvalue weighted by Gasteiger charge is 2.31. The Bertz CT molecular complexity index is 583. The zero-order valence-corrected chi connectivity index (χ0v) is 15.4. The Labute approximate surface area is 142 Å². The lowest BCUT2D eigenvalue weighted by molar-refractivity contribution is 0.0184. The van der Waals surface area contributed by atoms with E-state index in [1.54, 1.807) is 0 Å². The van der Waals surface area contributed by atoms with E-state index in [0.29, 0.717) is 6.04 Å². The van der Waals surface area contributed by atoms with Crippen molar-refractivity contribution < 1.29 is 9.53 Å². The minimum absolute atomic E-state index is 0.188. The van der Waals surface area contributed by atoms with Gasteiger partial charge in [0.2, 0.25) is 0 Å². The van der Waals surface area contributed by atoms with Gasteiger partial charge >= 0.3 is 6.09 Å². The number of ether oxygens (including phenoxy) is 1. The molecule has 3 heterocycles. The van der Waals surface area contributed by atoms with Crippen molar-refractivity contribution >= 4 is 17.9 Å². The lowest BCUT2D eigenvalue weighted by Gasteiger charge is -2.34. The second-order valence-electron chi connectivity index (χ2n) is 7.32. The van der Waals surface area contributed by atoms with E-state index in [2.05, 4.69) is 11.6 Å². The van der Waals surface area contributed by atoms with Crippen LogP contribution >= 0.6 is 11.8 Å². The highest BCUT2D eigenvalue weighted by molar-refractivity contribution is 7.99. The quantitative estimate of drug-likeness (QED) is 0.826. The van der Waals surface area contributed by atoms with Crippen LogP contribution in [0.5, 0.6) is 0 Å². The number of hydrogen-bond donors (Lipinski definition) is 0. The Kier molecular flexibility index (Phi) is 4.63. The fraction of sp³-hybridized carbons (Fsp3) is 0.765. The molecule has 0 radical (unpaired) electrons. The van der Waals surface area contributed by atoms with Crippen molar-refractivity contribution in [3.8, 4) is 0 Å². The zero-order valence-electron chi connectivity index (χ0n) is 14.6. The largest absolute Gasteiger partial charge is 0.444 e. The molecule has 2 aliphatic rings. The van der Waals surface area contributed by atoms with Crippen molar-refractivity contribution in [2.75, 3.05) is 18.8 Å². The Morgan fingerprint density at radius 1 is 1.35 bits per heavy atom. The summed E-state index contributed by atoms with van der Waals surface area (Å²) in [4.78, 5) is 15.4. The van der Waals surface area contributed by atoms with Gasteiger partial charge < -0.3 is 9.64 Å². The number of rotatable bonds is 2. The van der Waals surface area contributed by atoms with Crippen LogP contribution in [0.4, 0.5) is 4.79 Å². The molecule has 0 saturated carbocycles. The Morgan fingerprint density at radius 3 is 2.65 bits per heavy atom. The Morgan fingerprint density at radius 2 is 2.04 bits per heavy atom. The number of nitrogens with zero attached hydrogens (tertiary/aromatic N) is 3. The van der Waals surface area contributed by atoms with Crippen LogP contribution in [0.15, 0.2) is 4.90 Å². The number of carbonyl (C=O) groups is 1. The van der Waals surface area contributed by atoms with E-state index in [4.69, 9.17) is 9.84 Å². The third-order valence-corrected chi connectivity index (χ3v) is 5.58. The number of aromatic nitrogens is 2. The summed E-state index contributed by atoms with van der Waals surface area (Å²) in [6.45, 7) is 9.42. The fourth-order valence-electron chi connectivity index (χ4n) is 3.30. The molecule has 0 aliphatic carbocycles. The fourth-order valence-corrected chi connectivity index (χ4v) is 4.52. The third-order valence-electron chi connectivity index (χ3n) is 4.41. The highest BCUT2D eigenvalue weighted by atomic mass is 32.2. The SMILES string of the molecule is CCc1nn(C2CCN(C(=O)OC(C)(C)C)CC2)c2c1SCC2. The van der Waals surface area contributed by atoms with E-state index in [0.717, 1.165) is 38.8 Å². The maximum absolute atomic E-state index is 12.2. The molecular weight excluding hydrogens is 310 g/mol. The van der Waals surface area contributed by atoms with E-state index in [9.17, 15) is 4.79 Å². The van der Waals surface area contributed by atoms with Gasteiger partial charge in [-0.15, -0.1) is 11.8 Å². The summed E-state index contributed by atoms with van der Waals surface area (Å²) in [5.74, 6) is 1.18. The van der Waals surface area contributed by atoms with Gasteiger partial charge in [-0.05, 0) is 46.5 Å². The van der Waals surface area contributed by atoms with Gasteiger partial charge in [-0.3, -0.25) is 4.68 Å². The average Bonchev–Trinajstić information content (AvgIpc) is 3.07. The van der Waals surface area contributed by atoms with Crippen LogP contribution in [0.3, 0.4) is 0 Å². The number of amides is 1. The molecular formula is C17H27N3O2S. The first-order chi connectivity index (χ1) is 10.9. The number of likely N-dealkylation sites (tertiary alicyclic amines) is 1. The van der Waals surface area contributed by atoms with Crippen LogP contribution < -0.4 is 0 Å². The van der Waals surface area contributed by atoms with Gasteiger partial charge in [0.05, 0.1) is 22.3 Å². The molecule has 0 bridgehead atoms. The molecule has 5 nitrogen and oxygen atoms in total. The van der Waals surface area contributed by atoms with Crippen molar-refractivity contribution in [1.82, 2.24) is 14.7 Å². The van der Waals surface area contributed by atoms with Crippen LogP contribution in [0.1, 0.15) is 58.0 Å². The van der Waals surface area contributed by atoms with Gasteiger partial charge in [-0.1, -0.05) is 6.92 Å². The van der Waals surface area contributed by atoms with Crippen LogP contribution in [0, 0.1) is 0 Å². The standard InChI is InChI=1S/C17H27N3O2S/c1-5-13-15-14(8-11-23-15)20(18-13)12-6-9-19(10-7-12)16(21)22-17(2,3)4/h12H,5-11H2,1-4H3. The molecule has 0 aromatic carbocycles. The first-order valence-corrected chi connectivity index (χ1v) is 9.58. The van der Waals surface area contributed by atoms with Crippen molar-refractivity contribution in [3.05, 3.63) is 11.4 Å². The summed E-state index contributed by atoms with van der Waals surface area (Å²) in [5.41, 5.74) is 2.24. The smallest absolute Gasteiger partial charge is 0.410 e. The summed E-state index contributed by atoms with van der Waals surface area (Å²) in [6, 6.07) is 0.418. The first-order valence-electron chi connectivity index (χ1n) is 8.60. The Hall–Kier alpha value is -1.17. The van der Waals surface area contributed by atoms with Crippen molar-refractivity contribution in [3.63, 3.8) is 0 Å². The summed E-state index contributed by atoms with van der Waals surface area (Å²) in [6.07, 6.45) is 3.85. The minimum Gasteiger partial charge on any atom is -0.444 e. The lowest BCUT2D eigenvalue weighted by atomic mass is 10.1. The van der Waals surface area contributed by atoms with Crippen molar-refractivity contribution in [1.29, 1.82) is 0 Å². The van der Waals surface area contributed by atoms with Crippen molar-refractivity contribution in [2.45, 2.75) is 69.9 Å². The minimum atomic E-state index is -0.427. The Balaban J connectivity index is 1.65. The number of aryl methyl sites for hydroxylation is 1. The second-order valence-corrected chi connectivity index (χ2v) is 8.42. The normalized spacial score (nSPS) is 19.0. The molecule has 23 heavy (non-hydrogen) atoms. The molecule has 128 valence electrons. The van der Waals surface area contributed by atoms with E-state index >= 15 is 0 Å². The number of thioether (sulfide) groups is 1. The molecule has 1 fully saturated rings. The molecule has 2 aliphatic heterocycles. The maximum Gasteiger partial charge on any atom is 0.410 e. The van der Waals surface area contributed by atoms with E-state index in [-0.39, 0.29) is 6.09 Å². The number of fused-ring (bicyclic) bond motifs is 1. The predicted octanol–water partition coefficient (Wildman–Crippen LogP) is 3.67. The number of piperidine rings is 1. The van der Waals surface area contributed by atoms with Crippen LogP contribution in [0.2, 0.25) is 0 Å². The molecule has 1 aromatic rings. The van der Waals surface area contributed by atoms with Gasteiger partial charge in [0, 0.05) is 18.8 Å². The third kappa shape index (κ3) is 3.52. The van der Waals surface area contributed by atoms with Crippen LogP contribution in [-0.4, -0.2) is 45.2 Å². The molecule has 0 unspecified atom stereocenters. The lowest BCUT2D eigenvalue weighted by Crippen LogP contribution is -2.42. The molecule has 6 heteroatoms. The molecule has 1 saturated heterocycles. The van der Waals surface area contributed by atoms with Crippen LogP contribution in [0.25, 0.3) is 0 Å². The molecule has 0 spiro atoms. The van der Waals surface area contributed by atoms with Crippen molar-refractivity contribution in [2.24, 2.45) is 0 Å².